The predicted octanol–water partition coefficient (Wildman–Crippen LogP) is 4.80. The van der Waals surface area contributed by atoms with Gasteiger partial charge in [0.15, 0.2) is 0 Å². The van der Waals surface area contributed by atoms with Gasteiger partial charge in [-0.3, -0.25) is 4.79 Å². The number of carbonyl (C=O) groups is 1. The fraction of sp³-hybridized carbons (Fsp3) is 0.0714. The minimum absolute atomic E-state index is 0.297. The number of carbonyl (C=O) groups excluding carboxylic acids is 1. The normalized spacial score (nSPS) is 10.3. The molecule has 0 fully saturated rings. The first-order chi connectivity index (χ1) is 8.95. The summed E-state index contributed by atoms with van der Waals surface area (Å²) in [6.45, 7) is 1.64. The third kappa shape index (κ3) is 3.55. The van der Waals surface area contributed by atoms with Crippen LogP contribution in [0.5, 0.6) is 0 Å². The highest BCUT2D eigenvalue weighted by Crippen LogP contribution is 2.21. The second-order valence-corrected chi connectivity index (χ2v) is 5.43. The number of hydrogen-bond acceptors (Lipinski definition) is 1. The smallest absolute Gasteiger partial charge is 0.255 e. The van der Waals surface area contributed by atoms with Crippen molar-refractivity contribution in [2.45, 2.75) is 6.92 Å². The second-order valence-electron chi connectivity index (χ2n) is 4.08. The fourth-order valence-electron chi connectivity index (χ4n) is 1.61. The van der Waals surface area contributed by atoms with E-state index in [0.29, 0.717) is 21.8 Å². The molecule has 0 heterocycles. The highest BCUT2D eigenvalue weighted by atomic mass is 79.9. The van der Waals surface area contributed by atoms with Gasteiger partial charge >= 0.3 is 0 Å². The van der Waals surface area contributed by atoms with Crippen molar-refractivity contribution in [2.24, 2.45) is 0 Å². The van der Waals surface area contributed by atoms with Crippen LogP contribution in [0.15, 0.2) is 40.9 Å². The van der Waals surface area contributed by atoms with Crippen LogP contribution in [0.3, 0.4) is 0 Å². The SMILES string of the molecule is Cc1cc(NC(=O)c2cc(Cl)cc(Br)c2)ccc1F. The van der Waals surface area contributed by atoms with E-state index in [1.54, 1.807) is 31.2 Å². The van der Waals surface area contributed by atoms with Gasteiger partial charge in [-0.2, -0.15) is 0 Å². The summed E-state index contributed by atoms with van der Waals surface area (Å²) in [7, 11) is 0. The highest BCUT2D eigenvalue weighted by Gasteiger charge is 2.09. The Morgan fingerprint density at radius 3 is 2.63 bits per heavy atom. The predicted molar refractivity (Wildman–Crippen MR) is 78.2 cm³/mol. The molecule has 0 radical (unpaired) electrons. The summed E-state index contributed by atoms with van der Waals surface area (Å²) in [5.41, 5.74) is 1.45. The average molecular weight is 343 g/mol. The topological polar surface area (TPSA) is 29.1 Å². The molecule has 0 spiro atoms. The van der Waals surface area contributed by atoms with E-state index in [2.05, 4.69) is 21.2 Å². The zero-order valence-corrected chi connectivity index (χ0v) is 12.3. The lowest BCUT2D eigenvalue weighted by atomic mass is 10.2. The van der Waals surface area contributed by atoms with E-state index in [0.717, 1.165) is 4.47 Å². The fourth-order valence-corrected chi connectivity index (χ4v) is 2.47. The third-order valence-corrected chi connectivity index (χ3v) is 3.22. The zero-order chi connectivity index (χ0) is 14.0. The molecule has 0 saturated carbocycles. The van der Waals surface area contributed by atoms with Crippen molar-refractivity contribution >= 4 is 39.1 Å². The first kappa shape index (κ1) is 14.0. The summed E-state index contributed by atoms with van der Waals surface area (Å²) in [5.74, 6) is -0.599. The van der Waals surface area contributed by atoms with Crippen LogP contribution in [0.2, 0.25) is 5.02 Å². The molecule has 5 heteroatoms. The summed E-state index contributed by atoms with van der Waals surface area (Å²) in [6, 6.07) is 9.33. The summed E-state index contributed by atoms with van der Waals surface area (Å²) in [5, 5.41) is 3.16. The number of halogens is 3. The molecule has 0 aliphatic carbocycles. The Kier molecular flexibility index (Phi) is 4.22. The Hall–Kier alpha value is -1.39. The van der Waals surface area contributed by atoms with Crippen molar-refractivity contribution in [3.8, 4) is 0 Å². The molecule has 0 bridgehead atoms. The minimum atomic E-state index is -0.302. The number of benzene rings is 2. The van der Waals surface area contributed by atoms with E-state index < -0.39 is 0 Å². The van der Waals surface area contributed by atoms with Crippen molar-refractivity contribution in [1.29, 1.82) is 0 Å². The molecule has 0 aromatic heterocycles. The first-order valence-corrected chi connectivity index (χ1v) is 6.66. The van der Waals surface area contributed by atoms with Crippen LogP contribution in [0.4, 0.5) is 10.1 Å². The Balaban J connectivity index is 2.22. The van der Waals surface area contributed by atoms with E-state index in [-0.39, 0.29) is 11.7 Å². The molecule has 1 amide bonds. The monoisotopic (exact) mass is 341 g/mol. The Labute approximate surface area is 123 Å². The van der Waals surface area contributed by atoms with Crippen molar-refractivity contribution in [3.63, 3.8) is 0 Å². The molecule has 2 rings (SSSR count). The van der Waals surface area contributed by atoms with Crippen LogP contribution in [-0.4, -0.2) is 5.91 Å². The number of aryl methyl sites for hydroxylation is 1. The van der Waals surface area contributed by atoms with Gasteiger partial charge in [0.2, 0.25) is 0 Å². The third-order valence-electron chi connectivity index (χ3n) is 2.54. The molecule has 2 aromatic rings. The molecule has 98 valence electrons. The minimum Gasteiger partial charge on any atom is -0.322 e. The van der Waals surface area contributed by atoms with Gasteiger partial charge in [-0.25, -0.2) is 4.39 Å². The number of hydrogen-bond donors (Lipinski definition) is 1. The summed E-state index contributed by atoms with van der Waals surface area (Å²) in [4.78, 5) is 12.0. The van der Waals surface area contributed by atoms with E-state index in [9.17, 15) is 9.18 Å². The average Bonchev–Trinajstić information content (AvgIpc) is 2.32. The summed E-state index contributed by atoms with van der Waals surface area (Å²) < 4.78 is 13.9. The van der Waals surface area contributed by atoms with Gasteiger partial charge < -0.3 is 5.32 Å². The standard InChI is InChI=1S/C14H10BrClFNO/c1-8-4-12(2-3-13(8)17)18-14(19)9-5-10(15)7-11(16)6-9/h2-7H,1H3,(H,18,19). The van der Waals surface area contributed by atoms with Crippen LogP contribution in [-0.2, 0) is 0 Å². The van der Waals surface area contributed by atoms with Gasteiger partial charge in [-0.1, -0.05) is 27.5 Å². The van der Waals surface area contributed by atoms with Crippen LogP contribution in [0, 0.1) is 12.7 Å². The lowest BCUT2D eigenvalue weighted by Gasteiger charge is -2.07. The van der Waals surface area contributed by atoms with Crippen molar-refractivity contribution in [3.05, 3.63) is 62.8 Å². The van der Waals surface area contributed by atoms with Crippen LogP contribution in [0.25, 0.3) is 0 Å². The first-order valence-electron chi connectivity index (χ1n) is 5.49. The van der Waals surface area contributed by atoms with Gasteiger partial charge in [0.1, 0.15) is 5.82 Å². The maximum absolute atomic E-state index is 13.1. The molecular weight excluding hydrogens is 333 g/mol. The van der Waals surface area contributed by atoms with Crippen molar-refractivity contribution in [2.75, 3.05) is 5.32 Å². The molecule has 0 unspecified atom stereocenters. The summed E-state index contributed by atoms with van der Waals surface area (Å²) >= 11 is 9.16. The highest BCUT2D eigenvalue weighted by molar-refractivity contribution is 9.10. The van der Waals surface area contributed by atoms with E-state index >= 15 is 0 Å². The quantitative estimate of drug-likeness (QED) is 0.834. The molecule has 1 N–H and O–H groups in total. The molecule has 2 aromatic carbocycles. The maximum atomic E-state index is 13.1. The van der Waals surface area contributed by atoms with Gasteiger partial charge in [-0.15, -0.1) is 0 Å². The molecule has 0 aliphatic rings. The zero-order valence-electron chi connectivity index (χ0n) is 10.0. The Morgan fingerprint density at radius 1 is 1.26 bits per heavy atom. The number of anilines is 1. The van der Waals surface area contributed by atoms with E-state index in [4.69, 9.17) is 11.6 Å². The van der Waals surface area contributed by atoms with Crippen molar-refractivity contribution < 1.29 is 9.18 Å². The van der Waals surface area contributed by atoms with Crippen LogP contribution >= 0.6 is 27.5 Å². The molecule has 19 heavy (non-hydrogen) atoms. The number of nitrogens with one attached hydrogen (secondary N) is 1. The number of rotatable bonds is 2. The van der Waals surface area contributed by atoms with Crippen LogP contribution in [0.1, 0.15) is 15.9 Å². The Morgan fingerprint density at radius 2 is 2.00 bits per heavy atom. The van der Waals surface area contributed by atoms with Crippen molar-refractivity contribution in [1.82, 2.24) is 0 Å². The Bertz CT molecular complexity index is 625. The van der Waals surface area contributed by atoms with Gasteiger partial charge in [0.05, 0.1) is 0 Å². The molecule has 0 atom stereocenters. The lowest BCUT2D eigenvalue weighted by Crippen LogP contribution is -2.12. The summed E-state index contributed by atoms with van der Waals surface area (Å²) in [6.07, 6.45) is 0. The van der Waals surface area contributed by atoms with Gasteiger partial charge in [0, 0.05) is 20.7 Å². The second kappa shape index (κ2) is 5.72. The molecule has 0 aliphatic heterocycles. The van der Waals surface area contributed by atoms with Gasteiger partial charge in [0.25, 0.3) is 5.91 Å². The lowest BCUT2D eigenvalue weighted by molar-refractivity contribution is 0.102. The largest absolute Gasteiger partial charge is 0.322 e. The molecule has 2 nitrogen and oxygen atoms in total. The van der Waals surface area contributed by atoms with Gasteiger partial charge in [-0.05, 0) is 48.9 Å². The van der Waals surface area contributed by atoms with Crippen LogP contribution < -0.4 is 5.32 Å². The van der Waals surface area contributed by atoms with E-state index in [1.165, 1.54) is 12.1 Å². The number of amides is 1. The maximum Gasteiger partial charge on any atom is 0.255 e. The molecular formula is C14H10BrClFNO. The van der Waals surface area contributed by atoms with E-state index in [1.807, 2.05) is 0 Å². The molecule has 0 saturated heterocycles.